The van der Waals surface area contributed by atoms with Gasteiger partial charge < -0.3 is 15.3 Å². The van der Waals surface area contributed by atoms with Crippen LogP contribution in [0.1, 0.15) is 98.8 Å². The largest absolute Gasteiger partial charge is 0.393 e. The average Bonchev–Trinajstić information content (AvgIpc) is 3.04. The maximum atomic E-state index is 11.6. The van der Waals surface area contributed by atoms with Crippen molar-refractivity contribution in [3.8, 4) is 0 Å². The van der Waals surface area contributed by atoms with Crippen LogP contribution in [0.2, 0.25) is 0 Å². The Bertz CT molecular complexity index is 667. The summed E-state index contributed by atoms with van der Waals surface area (Å²) in [5.74, 6) is 2.76. The van der Waals surface area contributed by atoms with Gasteiger partial charge in [-0.15, -0.1) is 0 Å². The number of hydrogen-bond donors (Lipinski definition) is 3. The third kappa shape index (κ3) is 3.61. The first-order valence-electron chi connectivity index (χ1n) is 12.8. The molecule has 0 aromatic carbocycles. The van der Waals surface area contributed by atoms with Crippen molar-refractivity contribution in [1.29, 1.82) is 0 Å². The van der Waals surface area contributed by atoms with E-state index in [1.807, 2.05) is 6.92 Å². The summed E-state index contributed by atoms with van der Waals surface area (Å²) in [7, 11) is 0. The maximum Gasteiger partial charge on any atom is 0.0654 e. The fourth-order valence-corrected chi connectivity index (χ4v) is 8.61. The third-order valence-electron chi connectivity index (χ3n) is 10.5. The van der Waals surface area contributed by atoms with E-state index in [4.69, 9.17) is 0 Å². The summed E-state index contributed by atoms with van der Waals surface area (Å²) < 4.78 is 0. The molecule has 9 atom stereocenters. The molecule has 4 rings (SSSR count). The summed E-state index contributed by atoms with van der Waals surface area (Å²) in [6, 6.07) is 0. The number of hydrogen-bond acceptors (Lipinski definition) is 3. The van der Waals surface area contributed by atoms with Crippen LogP contribution < -0.4 is 0 Å². The van der Waals surface area contributed by atoms with Crippen molar-refractivity contribution in [2.24, 2.45) is 40.4 Å². The average molecular weight is 419 g/mol. The Hall–Kier alpha value is -0.380. The lowest BCUT2D eigenvalue weighted by atomic mass is 9.46. The number of aliphatic hydroxyl groups is 3. The van der Waals surface area contributed by atoms with Gasteiger partial charge in [-0.1, -0.05) is 39.3 Å². The van der Waals surface area contributed by atoms with E-state index < -0.39 is 5.60 Å². The minimum atomic E-state index is -0.694. The molecule has 0 saturated heterocycles. The molecular weight excluding hydrogens is 372 g/mol. The summed E-state index contributed by atoms with van der Waals surface area (Å²) in [4.78, 5) is 0. The van der Waals surface area contributed by atoms with Gasteiger partial charge in [-0.2, -0.15) is 0 Å². The lowest BCUT2D eigenvalue weighted by Crippen LogP contribution is -2.53. The molecule has 4 aliphatic carbocycles. The van der Waals surface area contributed by atoms with Crippen LogP contribution >= 0.6 is 0 Å². The summed E-state index contributed by atoms with van der Waals surface area (Å²) in [6.45, 7) is 11.1. The van der Waals surface area contributed by atoms with Crippen LogP contribution in [0.5, 0.6) is 0 Å². The smallest absolute Gasteiger partial charge is 0.0654 e. The molecule has 3 nitrogen and oxygen atoms in total. The molecule has 0 heterocycles. The van der Waals surface area contributed by atoms with Crippen molar-refractivity contribution in [2.45, 2.75) is 117 Å². The van der Waals surface area contributed by atoms with E-state index in [9.17, 15) is 15.3 Å². The fourth-order valence-electron chi connectivity index (χ4n) is 8.61. The Morgan fingerprint density at radius 1 is 1.10 bits per heavy atom. The molecule has 3 N–H and O–H groups in total. The molecule has 30 heavy (non-hydrogen) atoms. The quantitative estimate of drug-likeness (QED) is 0.519. The molecule has 3 fully saturated rings. The Balaban J connectivity index is 1.53. The molecule has 2 unspecified atom stereocenters. The van der Waals surface area contributed by atoms with Crippen LogP contribution in [0, 0.1) is 40.4 Å². The standard InChI is InChI=1S/C27H46O3/c1-17(2)23(29)12-15-27(5,30)24-9-8-21-20-7-6-18-16-19(28)10-13-25(18,3)22(20)11-14-26(21,24)4/h6,17,19-24,28-30H,7-16H2,1-5H3/t19?,20-,21-,22-,23?,24-,25-,26-,27-/m0/s1. The molecule has 3 heteroatoms. The predicted molar refractivity (Wildman–Crippen MR) is 122 cm³/mol. The second-order valence-electron chi connectivity index (χ2n) is 12.5. The van der Waals surface area contributed by atoms with Crippen LogP contribution in [0.3, 0.4) is 0 Å². The van der Waals surface area contributed by atoms with Crippen LogP contribution in [-0.2, 0) is 0 Å². The zero-order valence-electron chi connectivity index (χ0n) is 20.0. The normalized spacial score (nSPS) is 46.4. The molecule has 0 aromatic heterocycles. The molecule has 0 aromatic rings. The topological polar surface area (TPSA) is 60.7 Å². The van der Waals surface area contributed by atoms with Crippen LogP contribution in [0.4, 0.5) is 0 Å². The van der Waals surface area contributed by atoms with E-state index in [0.717, 1.165) is 37.5 Å². The number of aliphatic hydroxyl groups excluding tert-OH is 2. The van der Waals surface area contributed by atoms with Gasteiger partial charge in [0.15, 0.2) is 0 Å². The number of allylic oxidation sites excluding steroid dienone is 1. The Morgan fingerprint density at radius 3 is 2.53 bits per heavy atom. The van der Waals surface area contributed by atoms with Crippen molar-refractivity contribution < 1.29 is 15.3 Å². The molecule has 0 radical (unpaired) electrons. The van der Waals surface area contributed by atoms with E-state index >= 15 is 0 Å². The highest BCUT2D eigenvalue weighted by Crippen LogP contribution is 2.67. The van der Waals surface area contributed by atoms with Gasteiger partial charge in [-0.25, -0.2) is 0 Å². The predicted octanol–water partition coefficient (Wildman–Crippen LogP) is 5.47. The highest BCUT2D eigenvalue weighted by Gasteiger charge is 2.61. The number of rotatable bonds is 5. The zero-order valence-corrected chi connectivity index (χ0v) is 20.0. The summed E-state index contributed by atoms with van der Waals surface area (Å²) in [5, 5.41) is 32.1. The zero-order chi connectivity index (χ0) is 21.9. The van der Waals surface area contributed by atoms with E-state index in [-0.39, 0.29) is 29.0 Å². The lowest BCUT2D eigenvalue weighted by molar-refractivity contribution is -0.108. The van der Waals surface area contributed by atoms with Gasteiger partial charge in [-0.3, -0.25) is 0 Å². The minimum Gasteiger partial charge on any atom is -0.393 e. The molecule has 0 bridgehead atoms. The summed E-state index contributed by atoms with van der Waals surface area (Å²) in [6.07, 6.45) is 12.4. The van der Waals surface area contributed by atoms with Gasteiger partial charge in [0.1, 0.15) is 0 Å². The first-order valence-corrected chi connectivity index (χ1v) is 12.8. The fraction of sp³-hybridized carbons (Fsp3) is 0.926. The SMILES string of the molecule is CC(C)C(O)CC[C@](C)(O)[C@H]1CC[C@H]2[C@@H]3CC=C4CC(O)CC[C@]4(C)[C@H]3CC[C@@]21C. The van der Waals surface area contributed by atoms with Gasteiger partial charge in [0.25, 0.3) is 0 Å². The summed E-state index contributed by atoms with van der Waals surface area (Å²) in [5.41, 5.74) is 1.34. The molecule has 4 aliphatic rings. The van der Waals surface area contributed by atoms with Crippen LogP contribution in [0.25, 0.3) is 0 Å². The van der Waals surface area contributed by atoms with Gasteiger partial charge in [-0.05, 0) is 112 Å². The van der Waals surface area contributed by atoms with Crippen molar-refractivity contribution in [1.82, 2.24) is 0 Å². The van der Waals surface area contributed by atoms with Gasteiger partial charge in [0.05, 0.1) is 17.8 Å². The van der Waals surface area contributed by atoms with E-state index in [1.54, 1.807) is 0 Å². The monoisotopic (exact) mass is 418 g/mol. The molecule has 0 amide bonds. The van der Waals surface area contributed by atoms with Gasteiger partial charge in [0.2, 0.25) is 0 Å². The third-order valence-corrected chi connectivity index (χ3v) is 10.5. The summed E-state index contributed by atoms with van der Waals surface area (Å²) >= 11 is 0. The maximum absolute atomic E-state index is 11.6. The second kappa shape index (κ2) is 7.89. The number of fused-ring (bicyclic) bond motifs is 5. The molecule has 0 aliphatic heterocycles. The molecular formula is C27H46O3. The Kier molecular flexibility index (Phi) is 5.99. The minimum absolute atomic E-state index is 0.137. The van der Waals surface area contributed by atoms with E-state index in [2.05, 4.69) is 33.8 Å². The van der Waals surface area contributed by atoms with Crippen molar-refractivity contribution >= 4 is 0 Å². The van der Waals surface area contributed by atoms with Crippen LogP contribution in [0.15, 0.2) is 11.6 Å². The van der Waals surface area contributed by atoms with Gasteiger partial charge >= 0.3 is 0 Å². The second-order valence-corrected chi connectivity index (χ2v) is 12.5. The Labute approximate surface area is 184 Å². The first-order chi connectivity index (χ1) is 14.0. The van der Waals surface area contributed by atoms with Crippen molar-refractivity contribution in [2.75, 3.05) is 0 Å². The van der Waals surface area contributed by atoms with Crippen LogP contribution in [-0.4, -0.2) is 33.1 Å². The molecule has 172 valence electrons. The lowest BCUT2D eigenvalue weighted by Gasteiger charge is -2.59. The Morgan fingerprint density at radius 2 is 1.83 bits per heavy atom. The van der Waals surface area contributed by atoms with E-state index in [1.165, 1.54) is 31.3 Å². The van der Waals surface area contributed by atoms with Crippen molar-refractivity contribution in [3.63, 3.8) is 0 Å². The molecule has 3 saturated carbocycles. The highest BCUT2D eigenvalue weighted by atomic mass is 16.3. The molecule has 0 spiro atoms. The highest BCUT2D eigenvalue weighted by molar-refractivity contribution is 5.25. The first kappa shape index (κ1) is 22.8. The van der Waals surface area contributed by atoms with E-state index in [0.29, 0.717) is 24.7 Å². The van der Waals surface area contributed by atoms with Crippen molar-refractivity contribution in [3.05, 3.63) is 11.6 Å². The van der Waals surface area contributed by atoms with Gasteiger partial charge in [0, 0.05) is 0 Å².